The fourth-order valence-corrected chi connectivity index (χ4v) is 5.57. The Morgan fingerprint density at radius 1 is 0.875 bits per heavy atom. The molecule has 3 aromatic carbocycles. The first-order valence-electron chi connectivity index (χ1n) is 16.8. The highest BCUT2D eigenvalue weighted by Crippen LogP contribution is 2.25. The van der Waals surface area contributed by atoms with Gasteiger partial charge in [-0.1, -0.05) is 92.4 Å². The van der Waals surface area contributed by atoms with E-state index in [2.05, 4.69) is 10.3 Å². The quantitative estimate of drug-likeness (QED) is 0.111. The first-order valence-corrected chi connectivity index (χ1v) is 16.8. The number of hydrogen-bond donors (Lipinski definition) is 2. The van der Waals surface area contributed by atoms with E-state index in [4.69, 9.17) is 14.5 Å². The number of aromatic amines is 1. The van der Waals surface area contributed by atoms with Crippen LogP contribution in [0.3, 0.4) is 0 Å². The number of H-pyrrole nitrogens is 1. The molecule has 0 saturated heterocycles. The molecule has 0 spiro atoms. The topological polar surface area (TPSA) is 98.2 Å². The van der Waals surface area contributed by atoms with Crippen molar-refractivity contribution in [2.45, 2.75) is 77.7 Å². The van der Waals surface area contributed by atoms with Gasteiger partial charge in [0.2, 0.25) is 0 Å². The molecule has 0 bridgehead atoms. The number of rotatable bonds is 15. The zero-order valence-electron chi connectivity index (χ0n) is 28.1. The van der Waals surface area contributed by atoms with Gasteiger partial charge in [-0.3, -0.25) is 9.36 Å². The summed E-state index contributed by atoms with van der Waals surface area (Å²) in [5.41, 5.74) is 4.01. The molecule has 3 aromatic rings. The van der Waals surface area contributed by atoms with Crippen molar-refractivity contribution < 1.29 is 18.7 Å². The zero-order valence-corrected chi connectivity index (χ0v) is 28.1. The minimum Gasteiger partial charge on any atom is -0.491 e. The van der Waals surface area contributed by atoms with Gasteiger partial charge >= 0.3 is 6.09 Å². The second-order valence-corrected chi connectivity index (χ2v) is 13.1. The van der Waals surface area contributed by atoms with Crippen LogP contribution < -0.4 is 15.6 Å². The molecular weight excluding hydrogens is 607 g/mol. The number of alkyl carbamates (subject to hydrolysis) is 1. The summed E-state index contributed by atoms with van der Waals surface area (Å²) in [6, 6.07) is 24.8. The summed E-state index contributed by atoms with van der Waals surface area (Å²) in [5, 5.41) is 2.78. The average Bonchev–Trinajstić information content (AvgIpc) is 3.37. The largest absolute Gasteiger partial charge is 0.491 e. The predicted octanol–water partition coefficient (Wildman–Crippen LogP) is 8.23. The maximum atomic E-state index is 15.0. The van der Waals surface area contributed by atoms with E-state index in [0.29, 0.717) is 36.6 Å². The molecule has 2 aliphatic heterocycles. The number of carbonyl (C=O) groups is 1. The molecule has 2 aliphatic rings. The lowest BCUT2D eigenvalue weighted by Gasteiger charge is -2.19. The Morgan fingerprint density at radius 2 is 1.56 bits per heavy atom. The third-order valence-corrected chi connectivity index (χ3v) is 7.92. The Bertz CT molecular complexity index is 1790. The van der Waals surface area contributed by atoms with Gasteiger partial charge in [-0.15, -0.1) is 0 Å². The number of imidazole rings is 1. The normalized spacial score (nSPS) is 11.5. The van der Waals surface area contributed by atoms with Crippen molar-refractivity contribution in [1.29, 1.82) is 0 Å². The number of benzene rings is 3. The molecule has 0 radical (unpaired) electrons. The van der Waals surface area contributed by atoms with E-state index >= 15 is 4.39 Å². The van der Waals surface area contributed by atoms with Crippen LogP contribution in [0.4, 0.5) is 9.18 Å². The van der Waals surface area contributed by atoms with Gasteiger partial charge in [0.05, 0.1) is 18.0 Å². The standard InChI is InChI=1S/C39H45FN4O4/c1-39(2,3)48-38(46)41-22-14-6-4-5-7-15-23-47-35-21-20-29(24-31(35)40)26-33-37(45)44-27-34(30-18-12-9-13-19-30)42-32(36(44)43-33)25-28-16-10-8-11-17-28/h8-13,16-21,24,27,42H,4-7,14-15,22-23,25-26H2,1-3H3,(H,41,46). The molecule has 0 aromatic heterocycles. The predicted molar refractivity (Wildman–Crippen MR) is 187 cm³/mol. The highest BCUT2D eigenvalue weighted by atomic mass is 19.1. The highest BCUT2D eigenvalue weighted by molar-refractivity contribution is 5.67. The summed E-state index contributed by atoms with van der Waals surface area (Å²) in [4.78, 5) is 33.5. The number of hydrogen-bond acceptors (Lipinski definition) is 5. The van der Waals surface area contributed by atoms with E-state index in [1.807, 2.05) is 81.4 Å². The Balaban J connectivity index is 1.14. The van der Waals surface area contributed by atoms with Gasteiger partial charge in [0.15, 0.2) is 17.4 Å². The summed E-state index contributed by atoms with van der Waals surface area (Å²) in [5.74, 6) is 0.318. The van der Waals surface area contributed by atoms with Gasteiger partial charge in [0, 0.05) is 25.6 Å². The van der Waals surface area contributed by atoms with Crippen molar-refractivity contribution in [3.63, 3.8) is 0 Å². The Hall–Kier alpha value is -4.92. The van der Waals surface area contributed by atoms with Crippen LogP contribution in [0.5, 0.6) is 5.75 Å². The monoisotopic (exact) mass is 652 g/mol. The SMILES string of the molecule is CC(C)(C)OC(=O)NCCCCCCCCOc1ccc(Cc2nc3c(Cc4ccccc4)[nH]c(-c4ccccc4)cn-3c2=O)cc1F. The van der Waals surface area contributed by atoms with E-state index in [9.17, 15) is 9.59 Å². The fourth-order valence-electron chi connectivity index (χ4n) is 5.57. The lowest BCUT2D eigenvalue weighted by atomic mass is 10.1. The molecule has 9 heteroatoms. The van der Waals surface area contributed by atoms with Crippen molar-refractivity contribution in [2.24, 2.45) is 0 Å². The average molecular weight is 653 g/mol. The van der Waals surface area contributed by atoms with Gasteiger partial charge in [0.25, 0.3) is 5.56 Å². The molecule has 48 heavy (non-hydrogen) atoms. The summed E-state index contributed by atoms with van der Waals surface area (Å²) in [6.45, 7) is 6.56. The zero-order chi connectivity index (χ0) is 33.9. The molecule has 1 amide bonds. The Kier molecular flexibility index (Phi) is 11.7. The summed E-state index contributed by atoms with van der Waals surface area (Å²) in [6.07, 6.45) is 8.03. The molecule has 2 N–H and O–H groups in total. The lowest BCUT2D eigenvalue weighted by molar-refractivity contribution is 0.0527. The molecule has 2 heterocycles. The van der Waals surface area contributed by atoms with Crippen LogP contribution in [0.1, 0.15) is 81.8 Å². The molecule has 0 atom stereocenters. The number of amides is 1. The number of aromatic nitrogens is 3. The van der Waals surface area contributed by atoms with Gasteiger partial charge in [-0.05, 0) is 62.4 Å². The minimum absolute atomic E-state index is 0.205. The maximum Gasteiger partial charge on any atom is 0.407 e. The van der Waals surface area contributed by atoms with E-state index < -0.39 is 11.4 Å². The molecule has 252 valence electrons. The van der Waals surface area contributed by atoms with Crippen LogP contribution in [0.25, 0.3) is 17.1 Å². The number of ether oxygens (including phenoxy) is 2. The molecule has 0 unspecified atom stereocenters. The lowest BCUT2D eigenvalue weighted by Crippen LogP contribution is -2.32. The summed E-state index contributed by atoms with van der Waals surface area (Å²) >= 11 is 0. The van der Waals surface area contributed by atoms with Crippen LogP contribution in [0, 0.1) is 5.82 Å². The number of fused-ring (bicyclic) bond motifs is 1. The summed E-state index contributed by atoms with van der Waals surface area (Å²) < 4.78 is 27.6. The first-order chi connectivity index (χ1) is 23.2. The van der Waals surface area contributed by atoms with Crippen molar-refractivity contribution in [1.82, 2.24) is 19.9 Å². The van der Waals surface area contributed by atoms with Crippen LogP contribution >= 0.6 is 0 Å². The number of carbonyl (C=O) groups excluding carboxylic acids is 1. The Labute approximate surface area is 281 Å². The van der Waals surface area contributed by atoms with E-state index in [1.54, 1.807) is 22.9 Å². The van der Waals surface area contributed by atoms with Crippen molar-refractivity contribution >= 4 is 6.09 Å². The van der Waals surface area contributed by atoms with Crippen LogP contribution in [-0.2, 0) is 17.6 Å². The van der Waals surface area contributed by atoms with Gasteiger partial charge in [0.1, 0.15) is 11.3 Å². The maximum absolute atomic E-state index is 15.0. The molecule has 0 saturated carbocycles. The minimum atomic E-state index is -0.490. The van der Waals surface area contributed by atoms with Crippen LogP contribution in [-0.4, -0.2) is 39.4 Å². The second-order valence-electron chi connectivity index (χ2n) is 13.1. The van der Waals surface area contributed by atoms with Gasteiger partial charge < -0.3 is 19.8 Å². The second kappa shape index (κ2) is 16.3. The van der Waals surface area contributed by atoms with E-state index in [1.165, 1.54) is 6.07 Å². The highest BCUT2D eigenvalue weighted by Gasteiger charge is 2.21. The molecule has 0 fully saturated rings. The number of unbranched alkanes of at least 4 members (excludes halogenated alkanes) is 5. The van der Waals surface area contributed by atoms with E-state index in [0.717, 1.165) is 61.0 Å². The summed E-state index contributed by atoms with van der Waals surface area (Å²) in [7, 11) is 0. The number of halogens is 1. The van der Waals surface area contributed by atoms with Crippen LogP contribution in [0.15, 0.2) is 89.9 Å². The van der Waals surface area contributed by atoms with Crippen molar-refractivity contribution in [3.8, 4) is 22.8 Å². The number of nitrogens with one attached hydrogen (secondary N) is 2. The van der Waals surface area contributed by atoms with Crippen molar-refractivity contribution in [3.05, 3.63) is 124 Å². The van der Waals surface area contributed by atoms with Crippen molar-refractivity contribution in [2.75, 3.05) is 13.2 Å². The van der Waals surface area contributed by atoms with E-state index in [-0.39, 0.29) is 23.8 Å². The molecule has 5 rings (SSSR count). The van der Waals surface area contributed by atoms with Gasteiger partial charge in [-0.2, -0.15) is 0 Å². The third-order valence-electron chi connectivity index (χ3n) is 7.92. The molecule has 0 aliphatic carbocycles. The molecular formula is C39H45FN4O4. The Morgan fingerprint density at radius 3 is 2.27 bits per heavy atom. The first kappa shape index (κ1) is 34.4. The third kappa shape index (κ3) is 9.80. The fraction of sp³-hybridized carbons (Fsp3) is 0.359. The smallest absolute Gasteiger partial charge is 0.407 e. The molecule has 8 nitrogen and oxygen atoms in total. The van der Waals surface area contributed by atoms with Crippen LogP contribution in [0.2, 0.25) is 0 Å². The number of nitrogens with zero attached hydrogens (tertiary/aromatic N) is 2. The van der Waals surface area contributed by atoms with Gasteiger partial charge in [-0.25, -0.2) is 14.2 Å².